The lowest BCUT2D eigenvalue weighted by Gasteiger charge is -2.36. The molecule has 1 amide bonds. The zero-order valence-corrected chi connectivity index (χ0v) is 14.3. The van der Waals surface area contributed by atoms with Crippen LogP contribution >= 0.6 is 0 Å². The van der Waals surface area contributed by atoms with Crippen molar-refractivity contribution in [2.75, 3.05) is 33.5 Å². The summed E-state index contributed by atoms with van der Waals surface area (Å²) in [5.41, 5.74) is 0.938. The summed E-state index contributed by atoms with van der Waals surface area (Å²) in [5, 5.41) is 9.21. The van der Waals surface area contributed by atoms with Crippen molar-refractivity contribution < 1.29 is 28.9 Å². The third kappa shape index (κ3) is 4.04. The third-order valence-electron chi connectivity index (χ3n) is 4.75. The van der Waals surface area contributed by atoms with Gasteiger partial charge in [0.2, 0.25) is 5.91 Å². The molecule has 136 valence electrons. The molecule has 0 radical (unpaired) electrons. The molecule has 0 spiro atoms. The maximum absolute atomic E-state index is 13.0. The van der Waals surface area contributed by atoms with Crippen LogP contribution in [0.1, 0.15) is 18.4 Å². The highest BCUT2D eigenvalue weighted by Crippen LogP contribution is 2.32. The van der Waals surface area contributed by atoms with Gasteiger partial charge in [0, 0.05) is 25.3 Å². The first-order valence-electron chi connectivity index (χ1n) is 8.48. The second-order valence-electron chi connectivity index (χ2n) is 6.39. The first-order chi connectivity index (χ1) is 12.1. The van der Waals surface area contributed by atoms with Crippen LogP contribution in [0.5, 0.6) is 11.5 Å². The molecule has 0 unspecified atom stereocenters. The average Bonchev–Trinajstić information content (AvgIpc) is 2.65. The Balaban J connectivity index is 1.74. The van der Waals surface area contributed by atoms with E-state index in [0.717, 1.165) is 11.3 Å². The lowest BCUT2D eigenvalue weighted by molar-refractivity contribution is -0.150. The number of benzene rings is 1. The van der Waals surface area contributed by atoms with E-state index in [1.54, 1.807) is 7.11 Å². The van der Waals surface area contributed by atoms with E-state index in [0.29, 0.717) is 38.2 Å². The summed E-state index contributed by atoms with van der Waals surface area (Å²) < 4.78 is 16.3. The van der Waals surface area contributed by atoms with Crippen LogP contribution < -0.4 is 9.47 Å². The number of fused-ring (bicyclic) bond motifs is 1. The summed E-state index contributed by atoms with van der Waals surface area (Å²) in [4.78, 5) is 25.7. The summed E-state index contributed by atoms with van der Waals surface area (Å²) in [5.74, 6) is -0.0990. The van der Waals surface area contributed by atoms with Gasteiger partial charge in [-0.25, -0.2) is 0 Å². The molecule has 1 fully saturated rings. The van der Waals surface area contributed by atoms with Gasteiger partial charge in [-0.1, -0.05) is 6.07 Å². The van der Waals surface area contributed by atoms with Gasteiger partial charge in [0.05, 0.1) is 13.0 Å². The first-order valence-corrected chi connectivity index (χ1v) is 8.48. The number of hydrogen-bond donors (Lipinski definition) is 1. The molecule has 2 heterocycles. The Bertz CT molecular complexity index is 640. The predicted octanol–water partition coefficient (Wildman–Crippen LogP) is 1.34. The predicted molar refractivity (Wildman–Crippen MR) is 88.9 cm³/mol. The number of carboxylic acids is 1. The third-order valence-corrected chi connectivity index (χ3v) is 4.75. The van der Waals surface area contributed by atoms with Gasteiger partial charge in [-0.05, 0) is 30.9 Å². The standard InChI is InChI=1S/C18H23NO6/c1-23-15-3-2-12-8-13(11-25-16(12)9-15)18(22)19(10-17(20)21)14-4-6-24-7-5-14/h2-3,9,13-14H,4-8,10-11H2,1H3,(H,20,21)/t13-/m0/s1. The van der Waals surface area contributed by atoms with Gasteiger partial charge in [0.15, 0.2) is 0 Å². The number of amides is 1. The number of carboxylic acid groups (broad SMARTS) is 1. The first kappa shape index (κ1) is 17.5. The normalized spacial score (nSPS) is 20.3. The number of rotatable bonds is 5. The van der Waals surface area contributed by atoms with E-state index in [2.05, 4.69) is 0 Å². The second kappa shape index (κ2) is 7.74. The fourth-order valence-electron chi connectivity index (χ4n) is 3.40. The van der Waals surface area contributed by atoms with Gasteiger partial charge in [-0.3, -0.25) is 9.59 Å². The SMILES string of the molecule is COc1ccc2c(c1)OC[C@@H](C(=O)N(CC(=O)O)C1CCOCC1)C2. The minimum atomic E-state index is -0.998. The summed E-state index contributed by atoms with van der Waals surface area (Å²) in [6.45, 7) is 1.07. The van der Waals surface area contributed by atoms with Crippen LogP contribution in [0.3, 0.4) is 0 Å². The average molecular weight is 349 g/mol. The van der Waals surface area contributed by atoms with Crippen LogP contribution in [0.2, 0.25) is 0 Å². The van der Waals surface area contributed by atoms with Crippen molar-refractivity contribution in [3.63, 3.8) is 0 Å². The Labute approximate surface area is 146 Å². The Hall–Kier alpha value is -2.28. The van der Waals surface area contributed by atoms with Crippen molar-refractivity contribution in [3.8, 4) is 11.5 Å². The van der Waals surface area contributed by atoms with Crippen LogP contribution in [0.15, 0.2) is 18.2 Å². The highest BCUT2D eigenvalue weighted by Gasteiger charge is 2.34. The molecular weight excluding hydrogens is 326 g/mol. The molecule has 3 rings (SSSR count). The number of hydrogen-bond acceptors (Lipinski definition) is 5. The molecule has 0 saturated carbocycles. The monoisotopic (exact) mass is 349 g/mol. The Morgan fingerprint density at radius 2 is 2.08 bits per heavy atom. The molecule has 1 saturated heterocycles. The molecule has 0 aliphatic carbocycles. The van der Waals surface area contributed by atoms with Gasteiger partial charge in [-0.15, -0.1) is 0 Å². The number of aliphatic carboxylic acids is 1. The van der Waals surface area contributed by atoms with Crippen LogP contribution in [-0.4, -0.2) is 61.4 Å². The van der Waals surface area contributed by atoms with E-state index in [-0.39, 0.29) is 31.0 Å². The van der Waals surface area contributed by atoms with Crippen molar-refractivity contribution in [1.82, 2.24) is 4.90 Å². The molecule has 1 N–H and O–H groups in total. The summed E-state index contributed by atoms with van der Waals surface area (Å²) >= 11 is 0. The van der Waals surface area contributed by atoms with Crippen molar-refractivity contribution in [2.24, 2.45) is 5.92 Å². The number of carbonyl (C=O) groups excluding carboxylic acids is 1. The number of nitrogens with zero attached hydrogens (tertiary/aromatic N) is 1. The van der Waals surface area contributed by atoms with Gasteiger partial charge < -0.3 is 24.2 Å². The Morgan fingerprint density at radius 3 is 2.76 bits per heavy atom. The minimum Gasteiger partial charge on any atom is -0.497 e. The van der Waals surface area contributed by atoms with Gasteiger partial charge in [0.1, 0.15) is 24.7 Å². The Morgan fingerprint density at radius 1 is 1.32 bits per heavy atom. The molecule has 1 aromatic rings. The summed E-state index contributed by atoms with van der Waals surface area (Å²) in [6, 6.07) is 5.45. The smallest absolute Gasteiger partial charge is 0.323 e. The maximum Gasteiger partial charge on any atom is 0.323 e. The van der Waals surface area contributed by atoms with E-state index in [9.17, 15) is 14.7 Å². The molecule has 0 aromatic heterocycles. The lowest BCUT2D eigenvalue weighted by Crippen LogP contribution is -2.50. The molecule has 7 heteroatoms. The number of methoxy groups -OCH3 is 1. The molecule has 2 aliphatic heterocycles. The fraction of sp³-hybridized carbons (Fsp3) is 0.556. The molecule has 1 aromatic carbocycles. The van der Waals surface area contributed by atoms with Crippen molar-refractivity contribution in [2.45, 2.75) is 25.3 Å². The quantitative estimate of drug-likeness (QED) is 0.863. The largest absolute Gasteiger partial charge is 0.497 e. The van der Waals surface area contributed by atoms with Gasteiger partial charge in [0.25, 0.3) is 0 Å². The topological polar surface area (TPSA) is 85.3 Å². The van der Waals surface area contributed by atoms with Crippen molar-refractivity contribution in [3.05, 3.63) is 23.8 Å². The molecule has 7 nitrogen and oxygen atoms in total. The molecule has 1 atom stereocenters. The van der Waals surface area contributed by atoms with Gasteiger partial charge >= 0.3 is 5.97 Å². The Kier molecular flexibility index (Phi) is 5.43. The van der Waals surface area contributed by atoms with Crippen LogP contribution in [0, 0.1) is 5.92 Å². The molecule has 25 heavy (non-hydrogen) atoms. The minimum absolute atomic E-state index is 0.0883. The van der Waals surface area contributed by atoms with E-state index < -0.39 is 5.97 Å². The van der Waals surface area contributed by atoms with Crippen molar-refractivity contribution >= 4 is 11.9 Å². The molecular formula is C18H23NO6. The highest BCUT2D eigenvalue weighted by molar-refractivity contribution is 5.84. The van der Waals surface area contributed by atoms with Crippen LogP contribution in [0.4, 0.5) is 0 Å². The lowest BCUT2D eigenvalue weighted by atomic mass is 9.94. The van der Waals surface area contributed by atoms with Crippen LogP contribution in [-0.2, 0) is 20.7 Å². The van der Waals surface area contributed by atoms with Crippen molar-refractivity contribution in [1.29, 1.82) is 0 Å². The highest BCUT2D eigenvalue weighted by atomic mass is 16.5. The summed E-state index contributed by atoms with van der Waals surface area (Å²) in [6.07, 6.45) is 1.87. The van der Waals surface area contributed by atoms with E-state index >= 15 is 0 Å². The number of carbonyl (C=O) groups is 2. The zero-order valence-electron chi connectivity index (χ0n) is 14.3. The second-order valence-corrected chi connectivity index (χ2v) is 6.39. The zero-order chi connectivity index (χ0) is 17.8. The maximum atomic E-state index is 13.0. The molecule has 0 bridgehead atoms. The fourth-order valence-corrected chi connectivity index (χ4v) is 3.40. The molecule has 2 aliphatic rings. The van der Waals surface area contributed by atoms with Crippen LogP contribution in [0.25, 0.3) is 0 Å². The number of ether oxygens (including phenoxy) is 3. The summed E-state index contributed by atoms with van der Waals surface area (Å²) in [7, 11) is 1.59. The van der Waals surface area contributed by atoms with E-state index in [1.807, 2.05) is 18.2 Å². The van der Waals surface area contributed by atoms with Gasteiger partial charge in [-0.2, -0.15) is 0 Å². The van der Waals surface area contributed by atoms with E-state index in [4.69, 9.17) is 14.2 Å². The van der Waals surface area contributed by atoms with E-state index in [1.165, 1.54) is 4.90 Å².